The number of nitrogens with zero attached hydrogens (tertiary/aromatic N) is 2. The Labute approximate surface area is 107 Å². The minimum atomic E-state index is 0.243. The molecule has 1 N–H and O–H groups in total. The van der Waals surface area contributed by atoms with Gasteiger partial charge in [0.2, 0.25) is 5.95 Å². The van der Waals surface area contributed by atoms with Gasteiger partial charge in [0.05, 0.1) is 11.0 Å². The van der Waals surface area contributed by atoms with Crippen LogP contribution < -0.4 is 5.32 Å². The lowest BCUT2D eigenvalue weighted by molar-refractivity contribution is 0.558. The van der Waals surface area contributed by atoms with Gasteiger partial charge in [-0.1, -0.05) is 26.0 Å². The number of hydrogen-bond acceptors (Lipinski definition) is 2. The third-order valence-electron chi connectivity index (χ3n) is 3.07. The Kier molecular flexibility index (Phi) is 3.57. The average molecular weight is 252 g/mol. The monoisotopic (exact) mass is 251 g/mol. The molecule has 0 amide bonds. The molecule has 2 aromatic rings. The predicted molar refractivity (Wildman–Crippen MR) is 73.7 cm³/mol. The second-order valence-electron chi connectivity index (χ2n) is 4.63. The maximum atomic E-state index is 5.96. The summed E-state index contributed by atoms with van der Waals surface area (Å²) in [6.45, 7) is 4.31. The van der Waals surface area contributed by atoms with Crippen LogP contribution in [0.15, 0.2) is 24.3 Å². The van der Waals surface area contributed by atoms with Crippen LogP contribution in [-0.4, -0.2) is 21.5 Å². The summed E-state index contributed by atoms with van der Waals surface area (Å²) in [5.41, 5.74) is 2.14. The third kappa shape index (κ3) is 2.39. The molecule has 3 nitrogen and oxygen atoms in total. The Bertz CT molecular complexity index is 504. The van der Waals surface area contributed by atoms with Crippen molar-refractivity contribution in [2.24, 2.45) is 13.0 Å². The van der Waals surface area contributed by atoms with Crippen LogP contribution in [0.2, 0.25) is 0 Å². The predicted octanol–water partition coefficient (Wildman–Crippen LogP) is 3.25. The maximum Gasteiger partial charge on any atom is 0.203 e. The van der Waals surface area contributed by atoms with Gasteiger partial charge in [0.25, 0.3) is 0 Å². The summed E-state index contributed by atoms with van der Waals surface area (Å²) >= 11 is 5.96. The van der Waals surface area contributed by atoms with Gasteiger partial charge < -0.3 is 9.88 Å². The van der Waals surface area contributed by atoms with E-state index in [-0.39, 0.29) is 6.04 Å². The molecule has 0 saturated heterocycles. The molecule has 0 bridgehead atoms. The van der Waals surface area contributed by atoms with Crippen molar-refractivity contribution in [2.75, 3.05) is 11.2 Å². The number of nitrogens with one attached hydrogen (secondary N) is 1. The van der Waals surface area contributed by atoms with Crippen LogP contribution in [0, 0.1) is 5.92 Å². The van der Waals surface area contributed by atoms with Gasteiger partial charge in [0, 0.05) is 19.0 Å². The van der Waals surface area contributed by atoms with Crippen molar-refractivity contribution in [3.63, 3.8) is 0 Å². The Morgan fingerprint density at radius 2 is 2.06 bits per heavy atom. The Hall–Kier alpha value is -1.22. The summed E-state index contributed by atoms with van der Waals surface area (Å²) in [4.78, 5) is 4.58. The first kappa shape index (κ1) is 12.2. The topological polar surface area (TPSA) is 29.9 Å². The van der Waals surface area contributed by atoms with Crippen LogP contribution in [0.5, 0.6) is 0 Å². The summed E-state index contributed by atoms with van der Waals surface area (Å²) in [7, 11) is 2.02. The highest BCUT2D eigenvalue weighted by Crippen LogP contribution is 2.19. The van der Waals surface area contributed by atoms with Crippen LogP contribution in [0.25, 0.3) is 11.0 Å². The molecule has 0 spiro atoms. The first-order chi connectivity index (χ1) is 8.13. The van der Waals surface area contributed by atoms with E-state index in [2.05, 4.69) is 34.8 Å². The lowest BCUT2D eigenvalue weighted by atomic mass is 10.1. The van der Waals surface area contributed by atoms with Crippen LogP contribution in [0.4, 0.5) is 5.95 Å². The van der Waals surface area contributed by atoms with Crippen molar-refractivity contribution in [2.45, 2.75) is 19.9 Å². The first-order valence-electron chi connectivity index (χ1n) is 5.87. The van der Waals surface area contributed by atoms with E-state index < -0.39 is 0 Å². The largest absolute Gasteiger partial charge is 0.351 e. The van der Waals surface area contributed by atoms with E-state index in [1.165, 1.54) is 0 Å². The Morgan fingerprint density at radius 3 is 2.65 bits per heavy atom. The molecule has 0 aliphatic heterocycles. The Morgan fingerprint density at radius 1 is 1.35 bits per heavy atom. The number of anilines is 1. The minimum Gasteiger partial charge on any atom is -0.351 e. The molecule has 1 atom stereocenters. The number of halogens is 1. The number of para-hydroxylation sites is 2. The van der Waals surface area contributed by atoms with E-state index in [1.54, 1.807) is 0 Å². The molecular weight excluding hydrogens is 234 g/mol. The molecule has 0 radical (unpaired) electrons. The number of rotatable bonds is 4. The lowest BCUT2D eigenvalue weighted by Crippen LogP contribution is -2.28. The highest BCUT2D eigenvalue weighted by atomic mass is 35.5. The van der Waals surface area contributed by atoms with Crippen molar-refractivity contribution in [1.82, 2.24) is 9.55 Å². The Balaban J connectivity index is 2.33. The summed E-state index contributed by atoms with van der Waals surface area (Å²) in [5.74, 6) is 1.94. The van der Waals surface area contributed by atoms with Crippen LogP contribution in [0.3, 0.4) is 0 Å². The molecule has 0 aliphatic rings. The van der Waals surface area contributed by atoms with Gasteiger partial charge in [-0.25, -0.2) is 4.98 Å². The molecule has 1 unspecified atom stereocenters. The summed E-state index contributed by atoms with van der Waals surface area (Å²) < 4.78 is 2.07. The SMILES string of the molecule is CC(C)C(CCl)Nc1nc2ccccc2n1C. The highest BCUT2D eigenvalue weighted by molar-refractivity contribution is 6.18. The molecule has 1 aromatic carbocycles. The minimum absolute atomic E-state index is 0.243. The molecule has 0 fully saturated rings. The fraction of sp³-hybridized carbons (Fsp3) is 0.462. The van der Waals surface area contributed by atoms with Crippen LogP contribution >= 0.6 is 11.6 Å². The number of aryl methyl sites for hydroxylation is 1. The summed E-state index contributed by atoms with van der Waals surface area (Å²) in [6.07, 6.45) is 0. The van der Waals surface area contributed by atoms with Gasteiger partial charge in [-0.2, -0.15) is 0 Å². The van der Waals surface area contributed by atoms with Crippen molar-refractivity contribution in [1.29, 1.82) is 0 Å². The van der Waals surface area contributed by atoms with E-state index in [9.17, 15) is 0 Å². The van der Waals surface area contributed by atoms with Crippen molar-refractivity contribution in [3.8, 4) is 0 Å². The van der Waals surface area contributed by atoms with Crippen LogP contribution in [0.1, 0.15) is 13.8 Å². The zero-order valence-corrected chi connectivity index (χ0v) is 11.2. The summed E-state index contributed by atoms with van der Waals surface area (Å²) in [5, 5.41) is 3.41. The average Bonchev–Trinajstić information content (AvgIpc) is 2.63. The van der Waals surface area contributed by atoms with Gasteiger partial charge in [-0.15, -0.1) is 11.6 Å². The number of alkyl halides is 1. The third-order valence-corrected chi connectivity index (χ3v) is 3.41. The van der Waals surface area contributed by atoms with Crippen molar-refractivity contribution >= 4 is 28.6 Å². The van der Waals surface area contributed by atoms with Crippen molar-refractivity contribution in [3.05, 3.63) is 24.3 Å². The van der Waals surface area contributed by atoms with E-state index >= 15 is 0 Å². The van der Waals surface area contributed by atoms with E-state index in [4.69, 9.17) is 11.6 Å². The zero-order valence-electron chi connectivity index (χ0n) is 10.4. The normalized spacial score (nSPS) is 13.2. The fourth-order valence-electron chi connectivity index (χ4n) is 1.82. The second kappa shape index (κ2) is 4.96. The molecule has 2 rings (SSSR count). The van der Waals surface area contributed by atoms with Gasteiger partial charge >= 0.3 is 0 Å². The second-order valence-corrected chi connectivity index (χ2v) is 4.94. The molecule has 0 aliphatic carbocycles. The zero-order chi connectivity index (χ0) is 12.4. The lowest BCUT2D eigenvalue weighted by Gasteiger charge is -2.20. The van der Waals surface area contributed by atoms with E-state index in [0.29, 0.717) is 11.8 Å². The van der Waals surface area contributed by atoms with Gasteiger partial charge in [-0.3, -0.25) is 0 Å². The molecule has 92 valence electrons. The molecule has 17 heavy (non-hydrogen) atoms. The molecular formula is C13H18ClN3. The van der Waals surface area contributed by atoms with Gasteiger partial charge in [0.1, 0.15) is 0 Å². The maximum absolute atomic E-state index is 5.96. The number of imidazole rings is 1. The number of hydrogen-bond donors (Lipinski definition) is 1. The molecule has 1 heterocycles. The fourth-order valence-corrected chi connectivity index (χ4v) is 2.26. The van der Waals surface area contributed by atoms with E-state index in [0.717, 1.165) is 17.0 Å². The molecule has 1 aromatic heterocycles. The highest BCUT2D eigenvalue weighted by Gasteiger charge is 2.15. The number of benzene rings is 1. The summed E-state index contributed by atoms with van der Waals surface area (Å²) in [6, 6.07) is 8.35. The van der Waals surface area contributed by atoms with Crippen molar-refractivity contribution < 1.29 is 0 Å². The van der Waals surface area contributed by atoms with Crippen LogP contribution in [-0.2, 0) is 7.05 Å². The standard InChI is InChI=1S/C13H18ClN3/c1-9(2)11(8-14)16-13-15-10-6-4-5-7-12(10)17(13)3/h4-7,9,11H,8H2,1-3H3,(H,15,16). The first-order valence-corrected chi connectivity index (χ1v) is 6.41. The molecule has 0 saturated carbocycles. The quantitative estimate of drug-likeness (QED) is 0.846. The number of aromatic nitrogens is 2. The van der Waals surface area contributed by atoms with E-state index in [1.807, 2.05) is 25.2 Å². The van der Waals surface area contributed by atoms with Gasteiger partial charge in [-0.05, 0) is 18.1 Å². The smallest absolute Gasteiger partial charge is 0.203 e. The molecule has 4 heteroatoms. The van der Waals surface area contributed by atoms with Gasteiger partial charge in [0.15, 0.2) is 0 Å². The number of fused-ring (bicyclic) bond motifs is 1.